The molecule has 0 saturated carbocycles. The first-order chi connectivity index (χ1) is 9.81. The largest absolute Gasteiger partial charge is 0.482 e. The molecule has 0 aliphatic carbocycles. The zero-order chi connectivity index (χ0) is 13.8. The van der Waals surface area contributed by atoms with Crippen LogP contribution < -0.4 is 15.4 Å². The molecule has 1 amide bonds. The fourth-order valence-corrected chi connectivity index (χ4v) is 2.00. The maximum Gasteiger partial charge on any atom is 0.262 e. The molecule has 102 valence electrons. The number of amides is 1. The van der Waals surface area contributed by atoms with E-state index >= 15 is 0 Å². The van der Waals surface area contributed by atoms with Gasteiger partial charge >= 0.3 is 0 Å². The van der Waals surface area contributed by atoms with Gasteiger partial charge in [0.05, 0.1) is 11.4 Å². The van der Waals surface area contributed by atoms with Gasteiger partial charge in [-0.05, 0) is 23.8 Å². The van der Waals surface area contributed by atoms with Crippen LogP contribution in [0.2, 0.25) is 0 Å². The Labute approximate surface area is 116 Å². The van der Waals surface area contributed by atoms with Gasteiger partial charge in [0.25, 0.3) is 5.91 Å². The Bertz CT molecular complexity index is 616. The molecule has 2 heterocycles. The summed E-state index contributed by atoms with van der Waals surface area (Å²) in [6.07, 6.45) is 3.25. The van der Waals surface area contributed by atoms with Crippen LogP contribution in [-0.4, -0.2) is 22.5 Å². The molecule has 3 rings (SSSR count). The Morgan fingerprint density at radius 3 is 3.10 bits per heavy atom. The standard InChI is InChI=1S/C14H14N4O2/c19-14-8-20-13-2-1-10(5-12(13)18-14)6-16-7-11-3-4-15-9-17-11/h1-5,9,16H,6-8H2,(H,18,19). The second-order valence-corrected chi connectivity index (χ2v) is 4.47. The molecule has 0 atom stereocenters. The zero-order valence-corrected chi connectivity index (χ0v) is 10.8. The average molecular weight is 270 g/mol. The normalized spacial score (nSPS) is 13.3. The molecule has 20 heavy (non-hydrogen) atoms. The number of ether oxygens (including phenoxy) is 1. The average Bonchev–Trinajstić information content (AvgIpc) is 2.48. The van der Waals surface area contributed by atoms with Crippen LogP contribution in [0.4, 0.5) is 5.69 Å². The summed E-state index contributed by atoms with van der Waals surface area (Å²) in [6.45, 7) is 1.44. The second kappa shape index (κ2) is 5.66. The highest BCUT2D eigenvalue weighted by Gasteiger charge is 2.15. The number of carbonyl (C=O) groups excluding carboxylic acids is 1. The van der Waals surface area contributed by atoms with Gasteiger partial charge in [-0.15, -0.1) is 0 Å². The third kappa shape index (κ3) is 2.92. The number of rotatable bonds is 4. The van der Waals surface area contributed by atoms with Gasteiger partial charge < -0.3 is 15.4 Å². The van der Waals surface area contributed by atoms with E-state index < -0.39 is 0 Å². The maximum atomic E-state index is 11.3. The number of hydrogen-bond donors (Lipinski definition) is 2. The van der Waals surface area contributed by atoms with Crippen molar-refractivity contribution in [2.24, 2.45) is 0 Å². The van der Waals surface area contributed by atoms with Crippen molar-refractivity contribution in [3.63, 3.8) is 0 Å². The number of anilines is 1. The van der Waals surface area contributed by atoms with Crippen LogP contribution in [0.25, 0.3) is 0 Å². The lowest BCUT2D eigenvalue weighted by Gasteiger charge is -2.18. The van der Waals surface area contributed by atoms with Crippen molar-refractivity contribution in [3.05, 3.63) is 48.0 Å². The van der Waals surface area contributed by atoms with E-state index in [-0.39, 0.29) is 12.5 Å². The van der Waals surface area contributed by atoms with E-state index in [1.165, 1.54) is 6.33 Å². The number of carbonyl (C=O) groups is 1. The first-order valence-corrected chi connectivity index (χ1v) is 6.32. The van der Waals surface area contributed by atoms with Crippen molar-refractivity contribution in [2.45, 2.75) is 13.1 Å². The minimum atomic E-state index is -0.122. The van der Waals surface area contributed by atoms with Crippen molar-refractivity contribution < 1.29 is 9.53 Å². The third-order valence-electron chi connectivity index (χ3n) is 2.96. The van der Waals surface area contributed by atoms with Crippen molar-refractivity contribution in [1.82, 2.24) is 15.3 Å². The minimum absolute atomic E-state index is 0.0817. The van der Waals surface area contributed by atoms with Crippen molar-refractivity contribution >= 4 is 11.6 Å². The number of benzene rings is 1. The molecule has 0 fully saturated rings. The summed E-state index contributed by atoms with van der Waals surface area (Å²) in [4.78, 5) is 19.3. The number of nitrogens with one attached hydrogen (secondary N) is 2. The molecule has 0 radical (unpaired) electrons. The van der Waals surface area contributed by atoms with Gasteiger partial charge in [-0.2, -0.15) is 0 Å². The van der Waals surface area contributed by atoms with E-state index in [4.69, 9.17) is 4.74 Å². The molecular formula is C14H14N4O2. The van der Waals surface area contributed by atoms with Crippen LogP contribution in [0.1, 0.15) is 11.3 Å². The molecule has 0 saturated heterocycles. The summed E-state index contributed by atoms with van der Waals surface area (Å²) >= 11 is 0. The quantitative estimate of drug-likeness (QED) is 0.870. The van der Waals surface area contributed by atoms with E-state index in [1.54, 1.807) is 6.20 Å². The van der Waals surface area contributed by atoms with Crippen molar-refractivity contribution in [1.29, 1.82) is 0 Å². The van der Waals surface area contributed by atoms with Gasteiger partial charge in [-0.3, -0.25) is 4.79 Å². The molecule has 1 aromatic carbocycles. The lowest BCUT2D eigenvalue weighted by molar-refractivity contribution is -0.118. The predicted octanol–water partition coefficient (Wildman–Crippen LogP) is 1.10. The fraction of sp³-hybridized carbons (Fsp3) is 0.214. The zero-order valence-electron chi connectivity index (χ0n) is 10.8. The molecule has 1 aliphatic heterocycles. The van der Waals surface area contributed by atoms with Crippen LogP contribution >= 0.6 is 0 Å². The molecule has 2 aromatic rings. The Morgan fingerprint density at radius 2 is 2.25 bits per heavy atom. The first-order valence-electron chi connectivity index (χ1n) is 6.32. The van der Waals surface area contributed by atoms with Gasteiger partial charge in [0, 0.05) is 19.3 Å². The molecule has 2 N–H and O–H groups in total. The summed E-state index contributed by atoms with van der Waals surface area (Å²) in [5.41, 5.74) is 2.74. The van der Waals surface area contributed by atoms with Gasteiger partial charge in [0.15, 0.2) is 6.61 Å². The van der Waals surface area contributed by atoms with E-state index in [0.717, 1.165) is 16.9 Å². The third-order valence-corrected chi connectivity index (χ3v) is 2.96. The molecule has 6 heteroatoms. The second-order valence-electron chi connectivity index (χ2n) is 4.47. The SMILES string of the molecule is O=C1COc2ccc(CNCc3ccncn3)cc2N1. The lowest BCUT2D eigenvalue weighted by Crippen LogP contribution is -2.25. The highest BCUT2D eigenvalue weighted by atomic mass is 16.5. The van der Waals surface area contributed by atoms with Crippen LogP contribution in [-0.2, 0) is 17.9 Å². The van der Waals surface area contributed by atoms with Crippen LogP contribution in [0.5, 0.6) is 5.75 Å². The highest BCUT2D eigenvalue weighted by molar-refractivity contribution is 5.95. The van der Waals surface area contributed by atoms with Crippen LogP contribution in [0.15, 0.2) is 36.8 Å². The predicted molar refractivity (Wildman–Crippen MR) is 73.1 cm³/mol. The number of hydrogen-bond acceptors (Lipinski definition) is 5. The summed E-state index contributed by atoms with van der Waals surface area (Å²) in [7, 11) is 0. The monoisotopic (exact) mass is 270 g/mol. The molecule has 1 aromatic heterocycles. The van der Waals surface area contributed by atoms with Gasteiger partial charge in [-0.1, -0.05) is 6.07 Å². The van der Waals surface area contributed by atoms with E-state index in [9.17, 15) is 4.79 Å². The lowest BCUT2D eigenvalue weighted by atomic mass is 10.1. The van der Waals surface area contributed by atoms with E-state index in [0.29, 0.717) is 18.8 Å². The molecule has 1 aliphatic rings. The van der Waals surface area contributed by atoms with Gasteiger partial charge in [0.2, 0.25) is 0 Å². The van der Waals surface area contributed by atoms with Crippen LogP contribution in [0.3, 0.4) is 0 Å². The highest BCUT2D eigenvalue weighted by Crippen LogP contribution is 2.28. The van der Waals surface area contributed by atoms with E-state index in [2.05, 4.69) is 20.6 Å². The van der Waals surface area contributed by atoms with Gasteiger partial charge in [0.1, 0.15) is 12.1 Å². The Hall–Kier alpha value is -2.47. The number of fused-ring (bicyclic) bond motifs is 1. The molecule has 0 unspecified atom stereocenters. The molecule has 0 bridgehead atoms. The summed E-state index contributed by atoms with van der Waals surface area (Å²) in [5.74, 6) is 0.591. The maximum absolute atomic E-state index is 11.3. The Kier molecular flexibility index (Phi) is 3.56. The summed E-state index contributed by atoms with van der Waals surface area (Å²) in [6, 6.07) is 7.63. The van der Waals surface area contributed by atoms with Gasteiger partial charge in [-0.25, -0.2) is 9.97 Å². The van der Waals surface area contributed by atoms with Crippen molar-refractivity contribution in [2.75, 3.05) is 11.9 Å². The Balaban J connectivity index is 1.61. The topological polar surface area (TPSA) is 76.1 Å². The molecular weight excluding hydrogens is 256 g/mol. The molecule has 0 spiro atoms. The minimum Gasteiger partial charge on any atom is -0.482 e. The number of nitrogens with zero attached hydrogens (tertiary/aromatic N) is 2. The fourth-order valence-electron chi connectivity index (χ4n) is 2.00. The van der Waals surface area contributed by atoms with Crippen LogP contribution in [0, 0.1) is 0 Å². The summed E-state index contributed by atoms with van der Waals surface area (Å²) < 4.78 is 5.32. The molecule has 6 nitrogen and oxygen atoms in total. The summed E-state index contributed by atoms with van der Waals surface area (Å²) in [5, 5.41) is 6.09. The first kappa shape index (κ1) is 12.6. The smallest absolute Gasteiger partial charge is 0.262 e. The Morgan fingerprint density at radius 1 is 1.30 bits per heavy atom. The number of aromatic nitrogens is 2. The van der Waals surface area contributed by atoms with Crippen molar-refractivity contribution in [3.8, 4) is 5.75 Å². The van der Waals surface area contributed by atoms with E-state index in [1.807, 2.05) is 24.3 Å².